The highest BCUT2D eigenvalue weighted by atomic mass is 32.1. The van der Waals surface area contributed by atoms with Crippen LogP contribution in [-0.4, -0.2) is 30.8 Å². The van der Waals surface area contributed by atoms with Crippen LogP contribution in [0, 0.1) is 0 Å². The summed E-state index contributed by atoms with van der Waals surface area (Å²) in [6, 6.07) is 0. The van der Waals surface area contributed by atoms with Crippen molar-refractivity contribution in [3.05, 3.63) is 12.2 Å². The number of rotatable bonds is 19. The van der Waals surface area contributed by atoms with E-state index in [0.29, 0.717) is 0 Å². The molecule has 0 aromatic rings. The summed E-state index contributed by atoms with van der Waals surface area (Å²) >= 11 is 4.27. The summed E-state index contributed by atoms with van der Waals surface area (Å²) in [5.74, 6) is 0.976. The third-order valence-electron chi connectivity index (χ3n) is 4.78. The topological polar surface area (TPSA) is 3.24 Å². The van der Waals surface area contributed by atoms with Crippen molar-refractivity contribution in [2.45, 2.75) is 103 Å². The van der Waals surface area contributed by atoms with E-state index >= 15 is 0 Å². The van der Waals surface area contributed by atoms with Gasteiger partial charge in [-0.25, -0.2) is 0 Å². The Labute approximate surface area is 159 Å². The second-order valence-corrected chi connectivity index (χ2v) is 7.77. The van der Waals surface area contributed by atoms with Gasteiger partial charge in [-0.1, -0.05) is 83.3 Å². The lowest BCUT2D eigenvalue weighted by Crippen LogP contribution is -2.21. The summed E-state index contributed by atoms with van der Waals surface area (Å²) in [5, 5.41) is 0. The smallest absolute Gasteiger partial charge is 0.00668 e. The highest BCUT2D eigenvalue weighted by molar-refractivity contribution is 7.80. The average molecular weight is 356 g/mol. The first-order valence-electron chi connectivity index (χ1n) is 10.8. The molecule has 0 saturated carbocycles. The Morgan fingerprint density at radius 2 is 1.08 bits per heavy atom. The zero-order chi connectivity index (χ0) is 17.7. The third-order valence-corrected chi connectivity index (χ3v) is 4.98. The van der Waals surface area contributed by atoms with Crippen LogP contribution in [-0.2, 0) is 0 Å². The van der Waals surface area contributed by atoms with Crippen LogP contribution in [0.25, 0.3) is 0 Å². The zero-order valence-electron chi connectivity index (χ0n) is 16.8. The summed E-state index contributed by atoms with van der Waals surface area (Å²) < 4.78 is 0. The van der Waals surface area contributed by atoms with Gasteiger partial charge in [0.05, 0.1) is 0 Å². The minimum atomic E-state index is 0.976. The van der Waals surface area contributed by atoms with Gasteiger partial charge in [-0.05, 0) is 45.7 Å². The number of hydrogen-bond donors (Lipinski definition) is 1. The molecule has 1 nitrogen and oxygen atoms in total. The summed E-state index contributed by atoms with van der Waals surface area (Å²) in [6.07, 6.45) is 25.7. The maximum atomic E-state index is 4.27. The Hall–Kier alpha value is 0.0500. The van der Waals surface area contributed by atoms with E-state index in [-0.39, 0.29) is 0 Å². The van der Waals surface area contributed by atoms with Gasteiger partial charge in [-0.15, -0.1) is 0 Å². The Morgan fingerprint density at radius 1 is 0.625 bits per heavy atom. The maximum Gasteiger partial charge on any atom is 0.00668 e. The molecule has 0 rings (SSSR count). The molecule has 0 heterocycles. The molecule has 0 fully saturated rings. The molecular formula is C22H45NS. The van der Waals surface area contributed by atoms with Crippen LogP contribution in [0.4, 0.5) is 0 Å². The van der Waals surface area contributed by atoms with Crippen molar-refractivity contribution in [1.82, 2.24) is 4.90 Å². The summed E-state index contributed by atoms with van der Waals surface area (Å²) in [5.41, 5.74) is 0. The van der Waals surface area contributed by atoms with Crippen molar-refractivity contribution in [2.24, 2.45) is 0 Å². The van der Waals surface area contributed by atoms with Crippen molar-refractivity contribution in [3.63, 3.8) is 0 Å². The van der Waals surface area contributed by atoms with Gasteiger partial charge in [-0.3, -0.25) is 0 Å². The first-order chi connectivity index (χ1) is 11.8. The monoisotopic (exact) mass is 355 g/mol. The van der Waals surface area contributed by atoms with Crippen LogP contribution >= 0.6 is 12.6 Å². The van der Waals surface area contributed by atoms with Crippen LogP contribution in [0.15, 0.2) is 12.2 Å². The lowest BCUT2D eigenvalue weighted by Gasteiger charge is -2.14. The summed E-state index contributed by atoms with van der Waals surface area (Å²) in [7, 11) is 2.20. The molecule has 0 N–H and O–H groups in total. The molecule has 0 atom stereocenters. The summed E-state index contributed by atoms with van der Waals surface area (Å²) in [4.78, 5) is 2.39. The minimum Gasteiger partial charge on any atom is -0.306 e. The third kappa shape index (κ3) is 20.1. The highest BCUT2D eigenvalue weighted by Gasteiger charge is 1.96. The number of allylic oxidation sites excluding steroid dienone is 2. The van der Waals surface area contributed by atoms with E-state index in [1.807, 2.05) is 0 Å². The second kappa shape index (κ2) is 21.1. The Morgan fingerprint density at radius 3 is 1.58 bits per heavy atom. The van der Waals surface area contributed by atoms with Gasteiger partial charge in [0.2, 0.25) is 0 Å². The number of unbranched alkanes of at least 4 members (excludes halogenated alkanes) is 13. The molecule has 0 aliphatic heterocycles. The van der Waals surface area contributed by atoms with E-state index in [4.69, 9.17) is 0 Å². The minimum absolute atomic E-state index is 0.976. The molecule has 24 heavy (non-hydrogen) atoms. The molecular weight excluding hydrogens is 310 g/mol. The molecule has 0 aromatic carbocycles. The van der Waals surface area contributed by atoms with Crippen LogP contribution in [0.2, 0.25) is 0 Å². The van der Waals surface area contributed by atoms with Crippen LogP contribution < -0.4 is 0 Å². The normalized spacial score (nSPS) is 11.8. The largest absolute Gasteiger partial charge is 0.306 e. The van der Waals surface area contributed by atoms with Gasteiger partial charge in [0.15, 0.2) is 0 Å². The number of nitrogens with zero attached hydrogens (tertiary/aromatic N) is 1. The van der Waals surface area contributed by atoms with E-state index in [0.717, 1.165) is 12.3 Å². The van der Waals surface area contributed by atoms with E-state index < -0.39 is 0 Å². The Bertz CT molecular complexity index is 252. The predicted octanol–water partition coefficient (Wildman–Crippen LogP) is 7.28. The van der Waals surface area contributed by atoms with Crippen molar-refractivity contribution in [2.75, 3.05) is 25.9 Å². The van der Waals surface area contributed by atoms with Gasteiger partial charge in [-0.2, -0.15) is 12.6 Å². The zero-order valence-corrected chi connectivity index (χ0v) is 17.7. The highest BCUT2D eigenvalue weighted by Crippen LogP contribution is 2.10. The van der Waals surface area contributed by atoms with Gasteiger partial charge in [0, 0.05) is 12.3 Å². The molecule has 0 unspecified atom stereocenters. The molecule has 0 radical (unpaired) electrons. The first kappa shape index (κ1) is 24.1. The van der Waals surface area contributed by atoms with Crippen molar-refractivity contribution < 1.29 is 0 Å². The Balaban J connectivity index is 3.10. The van der Waals surface area contributed by atoms with Gasteiger partial charge < -0.3 is 4.90 Å². The average Bonchev–Trinajstić information content (AvgIpc) is 2.58. The molecule has 2 heteroatoms. The fraction of sp³-hybridized carbons (Fsp3) is 0.909. The summed E-state index contributed by atoms with van der Waals surface area (Å²) in [6.45, 7) is 4.65. The maximum absolute atomic E-state index is 4.27. The van der Waals surface area contributed by atoms with Crippen LogP contribution in [0.5, 0.6) is 0 Å². The Kier molecular flexibility index (Phi) is 21.1. The standard InChI is InChI=1S/C22H45NS/c1-3-4-5-6-7-8-9-10-11-12-13-14-15-16-17-18-19-20-23(2)21-22-24/h10-11,24H,3-9,12-22H2,1-2H3/b11-10-. The van der Waals surface area contributed by atoms with E-state index in [1.165, 1.54) is 103 Å². The van der Waals surface area contributed by atoms with Gasteiger partial charge in [0.25, 0.3) is 0 Å². The van der Waals surface area contributed by atoms with Crippen molar-refractivity contribution in [3.8, 4) is 0 Å². The predicted molar refractivity (Wildman–Crippen MR) is 115 cm³/mol. The lowest BCUT2D eigenvalue weighted by molar-refractivity contribution is 0.343. The van der Waals surface area contributed by atoms with Crippen molar-refractivity contribution in [1.29, 1.82) is 0 Å². The lowest BCUT2D eigenvalue weighted by atomic mass is 10.1. The van der Waals surface area contributed by atoms with Gasteiger partial charge in [0.1, 0.15) is 0 Å². The quantitative estimate of drug-likeness (QED) is 0.145. The molecule has 0 aliphatic rings. The molecule has 144 valence electrons. The SMILES string of the molecule is CCCCCCCC/C=C\CCCCCCCCCN(C)CCS. The van der Waals surface area contributed by atoms with Crippen LogP contribution in [0.1, 0.15) is 103 Å². The van der Waals surface area contributed by atoms with Gasteiger partial charge >= 0.3 is 0 Å². The molecule has 0 saturated heterocycles. The molecule has 0 aliphatic carbocycles. The molecule has 0 aromatic heterocycles. The van der Waals surface area contributed by atoms with E-state index in [1.54, 1.807) is 0 Å². The first-order valence-corrected chi connectivity index (χ1v) is 11.4. The number of hydrogen-bond acceptors (Lipinski definition) is 2. The molecule has 0 bridgehead atoms. The fourth-order valence-electron chi connectivity index (χ4n) is 3.09. The van der Waals surface area contributed by atoms with E-state index in [2.05, 4.69) is 43.7 Å². The van der Waals surface area contributed by atoms with Crippen molar-refractivity contribution >= 4 is 12.6 Å². The number of thiol groups is 1. The molecule has 0 amide bonds. The molecule has 0 spiro atoms. The van der Waals surface area contributed by atoms with E-state index in [9.17, 15) is 0 Å². The fourth-order valence-corrected chi connectivity index (χ4v) is 3.43. The second-order valence-electron chi connectivity index (χ2n) is 7.32. The van der Waals surface area contributed by atoms with Crippen LogP contribution in [0.3, 0.4) is 0 Å².